The zero-order valence-electron chi connectivity index (χ0n) is 12.3. The molecule has 120 valence electrons. The molecule has 1 aromatic rings. The van der Waals surface area contributed by atoms with Gasteiger partial charge in [0.25, 0.3) is 0 Å². The Balaban J connectivity index is 1.40. The molecule has 0 amide bonds. The summed E-state index contributed by atoms with van der Waals surface area (Å²) in [5.41, 5.74) is -0.339. The van der Waals surface area contributed by atoms with Gasteiger partial charge in [-0.05, 0) is 25.3 Å². The van der Waals surface area contributed by atoms with Crippen LogP contribution in [0.4, 0.5) is 5.95 Å². The maximum Gasteiger partial charge on any atom is 0.222 e. The van der Waals surface area contributed by atoms with E-state index in [0.29, 0.717) is 25.6 Å². The molecule has 3 fully saturated rings. The van der Waals surface area contributed by atoms with Crippen molar-refractivity contribution in [3.05, 3.63) is 18.5 Å². The number of hydrogen-bond acceptors (Lipinski definition) is 6. The van der Waals surface area contributed by atoms with Crippen LogP contribution in [0.2, 0.25) is 0 Å². The van der Waals surface area contributed by atoms with Gasteiger partial charge in [-0.3, -0.25) is 0 Å². The number of anilines is 1. The van der Waals surface area contributed by atoms with Crippen molar-refractivity contribution < 1.29 is 13.2 Å². The number of sulfonamides is 1. The molecule has 1 N–H and O–H groups in total. The van der Waals surface area contributed by atoms with Crippen LogP contribution in [-0.4, -0.2) is 59.3 Å². The molecule has 22 heavy (non-hydrogen) atoms. The molecule has 1 aliphatic carbocycles. The van der Waals surface area contributed by atoms with Crippen LogP contribution in [0.5, 0.6) is 0 Å². The van der Waals surface area contributed by atoms with Gasteiger partial charge in [0.2, 0.25) is 16.0 Å². The first-order valence-electron chi connectivity index (χ1n) is 7.74. The van der Waals surface area contributed by atoms with E-state index in [2.05, 4.69) is 15.3 Å². The SMILES string of the molecule is O=S(=O)(C1CC1)N1CCC2(CC(Nc3ncccn3)CO2)C1. The highest BCUT2D eigenvalue weighted by Gasteiger charge is 2.51. The quantitative estimate of drug-likeness (QED) is 0.874. The van der Waals surface area contributed by atoms with Gasteiger partial charge in [-0.2, -0.15) is 4.31 Å². The molecule has 2 atom stereocenters. The van der Waals surface area contributed by atoms with E-state index in [4.69, 9.17) is 4.74 Å². The standard InChI is InChI=1S/C14H20N4O3S/c19-22(20,12-2-3-12)18-7-4-14(10-18)8-11(9-21-14)17-13-15-5-1-6-16-13/h1,5-6,11-12H,2-4,7-10H2,(H,15,16,17). The van der Waals surface area contributed by atoms with Crippen LogP contribution >= 0.6 is 0 Å². The van der Waals surface area contributed by atoms with Crippen LogP contribution < -0.4 is 5.32 Å². The largest absolute Gasteiger partial charge is 0.371 e. The molecule has 0 bridgehead atoms. The molecular formula is C14H20N4O3S. The summed E-state index contributed by atoms with van der Waals surface area (Å²) in [5.74, 6) is 0.591. The minimum Gasteiger partial charge on any atom is -0.371 e. The van der Waals surface area contributed by atoms with Crippen molar-refractivity contribution in [2.75, 3.05) is 25.0 Å². The van der Waals surface area contributed by atoms with Gasteiger partial charge in [0.05, 0.1) is 23.5 Å². The number of hydrogen-bond donors (Lipinski definition) is 1. The normalized spacial score (nSPS) is 32.6. The Morgan fingerprint density at radius 3 is 2.82 bits per heavy atom. The summed E-state index contributed by atoms with van der Waals surface area (Å²) in [6, 6.07) is 1.90. The smallest absolute Gasteiger partial charge is 0.222 e. The summed E-state index contributed by atoms with van der Waals surface area (Å²) in [6.07, 6.45) is 6.57. The Labute approximate surface area is 130 Å². The van der Waals surface area contributed by atoms with Crippen LogP contribution in [0.1, 0.15) is 25.7 Å². The Kier molecular flexibility index (Phi) is 3.35. The third-order valence-electron chi connectivity index (χ3n) is 4.69. The monoisotopic (exact) mass is 324 g/mol. The van der Waals surface area contributed by atoms with E-state index in [1.165, 1.54) is 0 Å². The van der Waals surface area contributed by atoms with E-state index in [0.717, 1.165) is 25.7 Å². The molecule has 3 heterocycles. The molecule has 2 aliphatic heterocycles. The van der Waals surface area contributed by atoms with Crippen molar-refractivity contribution in [1.29, 1.82) is 0 Å². The number of aromatic nitrogens is 2. The molecule has 0 radical (unpaired) electrons. The van der Waals surface area contributed by atoms with E-state index in [-0.39, 0.29) is 16.9 Å². The molecule has 3 aliphatic rings. The summed E-state index contributed by atoms with van der Waals surface area (Å²) in [6.45, 7) is 1.63. The van der Waals surface area contributed by atoms with Gasteiger partial charge in [0.15, 0.2) is 0 Å². The Bertz CT molecular complexity index is 649. The van der Waals surface area contributed by atoms with Crippen molar-refractivity contribution in [2.24, 2.45) is 0 Å². The minimum absolute atomic E-state index is 0.131. The molecule has 7 nitrogen and oxygen atoms in total. The van der Waals surface area contributed by atoms with Gasteiger partial charge in [-0.1, -0.05) is 0 Å². The van der Waals surface area contributed by atoms with Crippen molar-refractivity contribution in [3.8, 4) is 0 Å². The van der Waals surface area contributed by atoms with Gasteiger partial charge in [-0.15, -0.1) is 0 Å². The Hall–Kier alpha value is -1.25. The zero-order chi connectivity index (χ0) is 15.2. The molecule has 1 aromatic heterocycles. The zero-order valence-corrected chi connectivity index (χ0v) is 13.1. The van der Waals surface area contributed by atoms with Crippen molar-refractivity contribution in [1.82, 2.24) is 14.3 Å². The van der Waals surface area contributed by atoms with Crippen molar-refractivity contribution in [3.63, 3.8) is 0 Å². The molecule has 1 saturated carbocycles. The summed E-state index contributed by atoms with van der Waals surface area (Å²) in [7, 11) is -3.10. The highest BCUT2D eigenvalue weighted by Crippen LogP contribution is 2.40. The van der Waals surface area contributed by atoms with E-state index < -0.39 is 10.0 Å². The number of rotatable bonds is 4. The highest BCUT2D eigenvalue weighted by molar-refractivity contribution is 7.90. The fraction of sp³-hybridized carbons (Fsp3) is 0.714. The molecule has 1 spiro atoms. The van der Waals surface area contributed by atoms with Crippen LogP contribution in [0.3, 0.4) is 0 Å². The average Bonchev–Trinajstić information content (AvgIpc) is 3.20. The van der Waals surface area contributed by atoms with Gasteiger partial charge in [0, 0.05) is 31.9 Å². The summed E-state index contributed by atoms with van der Waals surface area (Å²) < 4.78 is 32.3. The second kappa shape index (κ2) is 5.14. The third kappa shape index (κ3) is 2.59. The first kappa shape index (κ1) is 14.3. The fourth-order valence-electron chi connectivity index (χ4n) is 3.38. The second-order valence-electron chi connectivity index (χ2n) is 6.44. The predicted octanol–water partition coefficient (Wildman–Crippen LogP) is 0.614. The highest BCUT2D eigenvalue weighted by atomic mass is 32.2. The van der Waals surface area contributed by atoms with Crippen LogP contribution in [0.15, 0.2) is 18.5 Å². The van der Waals surface area contributed by atoms with E-state index in [9.17, 15) is 8.42 Å². The molecule has 2 saturated heterocycles. The lowest BCUT2D eigenvalue weighted by Crippen LogP contribution is -2.37. The number of ether oxygens (including phenoxy) is 1. The summed E-state index contributed by atoms with van der Waals surface area (Å²) >= 11 is 0. The Morgan fingerprint density at radius 2 is 2.09 bits per heavy atom. The summed E-state index contributed by atoms with van der Waals surface area (Å²) in [5, 5.41) is 3.12. The van der Waals surface area contributed by atoms with Crippen molar-refractivity contribution >= 4 is 16.0 Å². The first-order valence-corrected chi connectivity index (χ1v) is 9.24. The third-order valence-corrected chi connectivity index (χ3v) is 7.04. The topological polar surface area (TPSA) is 84.4 Å². The van der Waals surface area contributed by atoms with E-state index >= 15 is 0 Å². The van der Waals surface area contributed by atoms with Gasteiger partial charge in [-0.25, -0.2) is 18.4 Å². The molecule has 2 unspecified atom stereocenters. The van der Waals surface area contributed by atoms with Crippen LogP contribution in [-0.2, 0) is 14.8 Å². The molecule has 0 aromatic carbocycles. The molecule has 4 rings (SSSR count). The summed E-state index contributed by atoms with van der Waals surface area (Å²) in [4.78, 5) is 8.32. The second-order valence-corrected chi connectivity index (χ2v) is 8.65. The van der Waals surface area contributed by atoms with Crippen LogP contribution in [0, 0.1) is 0 Å². The first-order chi connectivity index (χ1) is 10.6. The minimum atomic E-state index is -3.10. The number of nitrogens with zero attached hydrogens (tertiary/aromatic N) is 3. The van der Waals surface area contributed by atoms with E-state index in [1.54, 1.807) is 22.8 Å². The van der Waals surface area contributed by atoms with Gasteiger partial charge >= 0.3 is 0 Å². The van der Waals surface area contributed by atoms with Crippen molar-refractivity contribution in [2.45, 2.75) is 42.6 Å². The lowest BCUT2D eigenvalue weighted by molar-refractivity contribution is 0.0173. The van der Waals surface area contributed by atoms with Gasteiger partial charge in [0.1, 0.15) is 0 Å². The van der Waals surface area contributed by atoms with E-state index in [1.807, 2.05) is 0 Å². The Morgan fingerprint density at radius 1 is 1.32 bits per heavy atom. The fourth-order valence-corrected chi connectivity index (χ4v) is 5.29. The number of nitrogens with one attached hydrogen (secondary N) is 1. The average molecular weight is 324 g/mol. The lowest BCUT2D eigenvalue weighted by atomic mass is 9.97. The predicted molar refractivity (Wildman–Crippen MR) is 80.9 cm³/mol. The maximum absolute atomic E-state index is 12.3. The van der Waals surface area contributed by atoms with Crippen LogP contribution in [0.25, 0.3) is 0 Å². The maximum atomic E-state index is 12.3. The molecular weight excluding hydrogens is 304 g/mol. The molecule has 8 heteroatoms. The van der Waals surface area contributed by atoms with Gasteiger partial charge < -0.3 is 10.1 Å². The lowest BCUT2D eigenvalue weighted by Gasteiger charge is -2.23.